The van der Waals surface area contributed by atoms with Crippen LogP contribution in [0, 0.1) is 0 Å². The number of halogens is 4. The highest BCUT2D eigenvalue weighted by molar-refractivity contribution is 7.17. The molecule has 0 radical (unpaired) electrons. The van der Waals surface area contributed by atoms with Crippen LogP contribution in [0.25, 0.3) is 5.57 Å². The highest BCUT2D eigenvalue weighted by Crippen LogP contribution is 2.40. The number of aliphatic hydroxyl groups excluding tert-OH is 1. The Kier molecular flexibility index (Phi) is 6.97. The number of nitrogens with zero attached hydrogens (tertiary/aromatic N) is 4. The first kappa shape index (κ1) is 25.7. The number of rotatable bonds is 6. The molecule has 0 bridgehead atoms. The molecular formula is C25H23ClF3N5O2S. The zero-order chi connectivity index (χ0) is 26.3. The van der Waals surface area contributed by atoms with E-state index in [2.05, 4.69) is 20.5 Å². The van der Waals surface area contributed by atoms with Gasteiger partial charge in [0.1, 0.15) is 0 Å². The van der Waals surface area contributed by atoms with Crippen LogP contribution in [0.5, 0.6) is 5.88 Å². The lowest BCUT2D eigenvalue weighted by Crippen LogP contribution is -2.33. The van der Waals surface area contributed by atoms with Gasteiger partial charge in [-0.1, -0.05) is 35.1 Å². The normalized spacial score (nSPS) is 19.6. The molecule has 5 rings (SSSR count). The minimum absolute atomic E-state index is 0.0103. The van der Waals surface area contributed by atoms with Crippen LogP contribution in [0.1, 0.15) is 28.0 Å². The fraction of sp³-hybridized carbons (Fsp3) is 0.320. The average molecular weight is 550 g/mol. The van der Waals surface area contributed by atoms with Crippen molar-refractivity contribution in [3.63, 3.8) is 0 Å². The summed E-state index contributed by atoms with van der Waals surface area (Å²) in [6.45, 7) is 0.661. The van der Waals surface area contributed by atoms with Crippen LogP contribution in [0.3, 0.4) is 0 Å². The molecule has 0 saturated carbocycles. The first-order valence-electron chi connectivity index (χ1n) is 11.5. The van der Waals surface area contributed by atoms with Crippen molar-refractivity contribution in [1.82, 2.24) is 10.3 Å². The van der Waals surface area contributed by atoms with Gasteiger partial charge in [-0.25, -0.2) is 0 Å². The number of aliphatic hydroxyl groups is 1. The fourth-order valence-corrected chi connectivity index (χ4v) is 5.83. The minimum atomic E-state index is -4.60. The Hall–Kier alpha value is -2.99. The van der Waals surface area contributed by atoms with Crippen molar-refractivity contribution in [2.75, 3.05) is 25.1 Å². The van der Waals surface area contributed by atoms with Crippen molar-refractivity contribution in [2.45, 2.75) is 31.1 Å². The number of benzene rings is 2. The molecule has 1 saturated heterocycles. The number of fused-ring (bicyclic) bond motifs is 1. The summed E-state index contributed by atoms with van der Waals surface area (Å²) < 4.78 is 41.7. The van der Waals surface area contributed by atoms with Gasteiger partial charge in [-0.15, -0.1) is 0 Å². The van der Waals surface area contributed by atoms with E-state index in [9.17, 15) is 23.4 Å². The number of aromatic hydroxyl groups is 1. The highest BCUT2D eigenvalue weighted by atomic mass is 35.5. The van der Waals surface area contributed by atoms with E-state index in [-0.39, 0.29) is 41.6 Å². The highest BCUT2D eigenvalue weighted by Gasteiger charge is 2.34. The third-order valence-electron chi connectivity index (χ3n) is 6.62. The van der Waals surface area contributed by atoms with Gasteiger partial charge in [0.05, 0.1) is 28.6 Å². The largest absolute Gasteiger partial charge is 0.492 e. The molecule has 12 heteroatoms. The fourth-order valence-electron chi connectivity index (χ4n) is 4.60. The molecule has 194 valence electrons. The molecule has 0 aliphatic carbocycles. The van der Waals surface area contributed by atoms with Gasteiger partial charge < -0.3 is 20.4 Å². The molecule has 3 heterocycles. The Morgan fingerprint density at radius 3 is 2.78 bits per heavy atom. The van der Waals surface area contributed by atoms with E-state index in [1.54, 1.807) is 24.4 Å². The Bertz CT molecular complexity index is 1490. The van der Waals surface area contributed by atoms with Gasteiger partial charge in [0, 0.05) is 42.7 Å². The molecule has 0 spiro atoms. The summed E-state index contributed by atoms with van der Waals surface area (Å²) >= 11 is 7.11. The second-order valence-electron chi connectivity index (χ2n) is 9.01. The second-order valence-corrected chi connectivity index (χ2v) is 10.4. The van der Waals surface area contributed by atoms with Crippen LogP contribution in [0.4, 0.5) is 18.3 Å². The molecule has 7 nitrogen and oxygen atoms in total. The van der Waals surface area contributed by atoms with Crippen molar-refractivity contribution in [3.05, 3.63) is 73.6 Å². The van der Waals surface area contributed by atoms with Crippen molar-refractivity contribution < 1.29 is 23.4 Å². The Balaban J connectivity index is 1.62. The molecule has 2 aliphatic heterocycles. The lowest BCUT2D eigenvalue weighted by atomic mass is 9.96. The molecular weight excluding hydrogens is 527 g/mol. The predicted octanol–water partition coefficient (Wildman–Crippen LogP) is 3.09. The van der Waals surface area contributed by atoms with Gasteiger partial charge >= 0.3 is 6.18 Å². The maximum Gasteiger partial charge on any atom is 0.416 e. The number of alkyl halides is 3. The zero-order valence-corrected chi connectivity index (χ0v) is 21.2. The number of aromatic nitrogens is 1. The van der Waals surface area contributed by atoms with E-state index >= 15 is 0 Å². The van der Waals surface area contributed by atoms with Gasteiger partial charge in [-0.3, -0.25) is 0 Å². The summed E-state index contributed by atoms with van der Waals surface area (Å²) in [6.07, 6.45) is -2.44. The van der Waals surface area contributed by atoms with Crippen molar-refractivity contribution in [2.24, 2.45) is 10.2 Å². The van der Waals surface area contributed by atoms with Crippen LogP contribution >= 0.6 is 22.9 Å². The predicted molar refractivity (Wildman–Crippen MR) is 137 cm³/mol. The van der Waals surface area contributed by atoms with Gasteiger partial charge in [-0.05, 0) is 47.0 Å². The van der Waals surface area contributed by atoms with E-state index in [1.807, 2.05) is 11.9 Å². The Morgan fingerprint density at radius 2 is 2.05 bits per heavy atom. The van der Waals surface area contributed by atoms with Crippen molar-refractivity contribution >= 4 is 39.9 Å². The van der Waals surface area contributed by atoms with Crippen molar-refractivity contribution in [3.8, 4) is 5.88 Å². The lowest BCUT2D eigenvalue weighted by molar-refractivity contribution is -0.138. The maximum absolute atomic E-state index is 13.9. The monoisotopic (exact) mass is 549 g/mol. The van der Waals surface area contributed by atoms with E-state index in [1.165, 1.54) is 23.5 Å². The summed E-state index contributed by atoms with van der Waals surface area (Å²) in [5.74, 6) is -0.257. The van der Waals surface area contributed by atoms with Crippen molar-refractivity contribution in [1.29, 1.82) is 0 Å². The summed E-state index contributed by atoms with van der Waals surface area (Å²) in [5.41, 5.74) is 0.418. The van der Waals surface area contributed by atoms with Gasteiger partial charge in [0.25, 0.3) is 0 Å². The number of hydrogen-bond donors (Lipinski definition) is 3. The number of likely N-dealkylation sites (N-methyl/N-ethyl adjacent to an activating group) is 1. The molecule has 2 aliphatic rings. The number of thiazole rings is 1. The summed E-state index contributed by atoms with van der Waals surface area (Å²) in [7, 11) is 1.85. The minimum Gasteiger partial charge on any atom is -0.492 e. The third kappa shape index (κ3) is 5.22. The van der Waals surface area contributed by atoms with E-state index in [0.29, 0.717) is 39.1 Å². The first-order chi connectivity index (χ1) is 17.6. The molecule has 37 heavy (non-hydrogen) atoms. The molecule has 3 N–H and O–H groups in total. The quantitative estimate of drug-likeness (QED) is 0.439. The van der Waals surface area contributed by atoms with Crippen LogP contribution < -0.4 is 20.8 Å². The maximum atomic E-state index is 13.9. The van der Waals surface area contributed by atoms with Crippen LogP contribution in [0.2, 0.25) is 5.02 Å². The Morgan fingerprint density at radius 1 is 1.24 bits per heavy atom. The molecule has 1 aromatic heterocycles. The molecule has 2 aromatic carbocycles. The van der Waals surface area contributed by atoms with Crippen LogP contribution in [-0.2, 0) is 12.6 Å². The van der Waals surface area contributed by atoms with Gasteiger partial charge in [-0.2, -0.15) is 28.4 Å². The van der Waals surface area contributed by atoms with Gasteiger partial charge in [0.2, 0.25) is 5.88 Å². The van der Waals surface area contributed by atoms with E-state index < -0.39 is 11.7 Å². The van der Waals surface area contributed by atoms with Crippen LogP contribution in [0.15, 0.2) is 46.6 Å². The van der Waals surface area contributed by atoms with Gasteiger partial charge in [0.15, 0.2) is 5.13 Å². The lowest BCUT2D eigenvalue weighted by Gasteiger charge is -2.22. The Labute approximate surface area is 219 Å². The summed E-state index contributed by atoms with van der Waals surface area (Å²) in [4.78, 5) is 6.65. The topological polar surface area (TPSA) is 93.3 Å². The van der Waals surface area contributed by atoms with E-state index in [4.69, 9.17) is 11.6 Å². The SMILES string of the molecule is CN(c1nc(O)c(C(Cc2ccc(Cl)cc2C(F)(F)F)=c2ccc3c(c2)C=NN=3)s1)C1CNC(CO)C1. The number of hydrogen-bond acceptors (Lipinski definition) is 8. The average Bonchev–Trinajstić information content (AvgIpc) is 3.61. The van der Waals surface area contributed by atoms with E-state index in [0.717, 1.165) is 11.6 Å². The third-order valence-corrected chi connectivity index (χ3v) is 8.05. The smallest absolute Gasteiger partial charge is 0.416 e. The molecule has 0 amide bonds. The second kappa shape index (κ2) is 10.1. The number of anilines is 1. The summed E-state index contributed by atoms with van der Waals surface area (Å²) in [5, 5.41) is 33.3. The standard InChI is InChI=1S/C25H23ClF3N5O2S/c1-34(18-9-17(12-35)30-11-18)24-32-23(36)22(37-24)19(13-3-5-21-15(6-13)10-31-33-21)7-14-2-4-16(26)8-20(14)25(27,28)29/h2-6,8,10,17-18,30,35-36H,7,9,11-12H2,1H3. The summed E-state index contributed by atoms with van der Waals surface area (Å²) in [6, 6.07) is 9.02. The number of nitrogens with one attached hydrogen (secondary N) is 1. The molecule has 2 atom stereocenters. The van der Waals surface area contributed by atoms with Crippen LogP contribution in [-0.4, -0.2) is 53.7 Å². The zero-order valence-electron chi connectivity index (χ0n) is 19.6. The molecule has 2 unspecified atom stereocenters. The molecule has 3 aromatic rings. The molecule has 1 fully saturated rings. The first-order valence-corrected chi connectivity index (χ1v) is 12.7.